The van der Waals surface area contributed by atoms with E-state index < -0.39 is 0 Å². The molecule has 0 saturated heterocycles. The average Bonchev–Trinajstić information content (AvgIpc) is 2.24. The molecule has 1 fully saturated rings. The van der Waals surface area contributed by atoms with Gasteiger partial charge in [0.15, 0.2) is 0 Å². The lowest BCUT2D eigenvalue weighted by Gasteiger charge is -2.31. The van der Waals surface area contributed by atoms with E-state index in [1.165, 1.54) is 25.7 Å². The van der Waals surface area contributed by atoms with Crippen molar-refractivity contribution >= 4 is 5.91 Å². The minimum Gasteiger partial charge on any atom is -0.350 e. The van der Waals surface area contributed by atoms with E-state index in [1.54, 1.807) is 0 Å². The smallest absolute Gasteiger partial charge is 0.234 e. The van der Waals surface area contributed by atoms with E-state index in [-0.39, 0.29) is 11.4 Å². The summed E-state index contributed by atoms with van der Waals surface area (Å²) in [5.74, 6) is 1.79. The van der Waals surface area contributed by atoms with Crippen LogP contribution in [0.3, 0.4) is 0 Å². The summed E-state index contributed by atoms with van der Waals surface area (Å²) >= 11 is 0. The second-order valence-electron chi connectivity index (χ2n) is 7.03. The second-order valence-corrected chi connectivity index (χ2v) is 7.03. The predicted molar refractivity (Wildman–Crippen MR) is 76.5 cm³/mol. The zero-order chi connectivity index (χ0) is 13.8. The van der Waals surface area contributed by atoms with Crippen LogP contribution in [0.1, 0.15) is 60.3 Å². The van der Waals surface area contributed by atoms with Crippen LogP contribution in [0.5, 0.6) is 0 Å². The Morgan fingerprint density at radius 2 is 1.72 bits per heavy atom. The van der Waals surface area contributed by atoms with Crippen molar-refractivity contribution in [2.75, 3.05) is 6.54 Å². The minimum absolute atomic E-state index is 0.105. The van der Waals surface area contributed by atoms with Gasteiger partial charge in [-0.05, 0) is 58.3 Å². The molecule has 0 aromatic rings. The van der Waals surface area contributed by atoms with Gasteiger partial charge in [-0.2, -0.15) is 0 Å². The van der Waals surface area contributed by atoms with Gasteiger partial charge in [-0.15, -0.1) is 0 Å². The van der Waals surface area contributed by atoms with E-state index in [1.807, 2.05) is 20.8 Å². The number of rotatable bonds is 4. The summed E-state index contributed by atoms with van der Waals surface area (Å²) in [4.78, 5) is 11.7. The Morgan fingerprint density at radius 1 is 1.17 bits per heavy atom. The van der Waals surface area contributed by atoms with Gasteiger partial charge in [0.05, 0.1) is 6.54 Å². The summed E-state index contributed by atoms with van der Waals surface area (Å²) in [6.45, 7) is 11.1. The molecule has 0 aliphatic heterocycles. The summed E-state index contributed by atoms with van der Waals surface area (Å²) in [5, 5.41) is 6.38. The van der Waals surface area contributed by atoms with E-state index >= 15 is 0 Å². The standard InChI is InChI=1S/C15H30N2O/c1-11(2)12-6-8-13(9-7-12)16-10-14(18)17-15(3,4)5/h11-13,16H,6-10H2,1-5H3,(H,17,18). The van der Waals surface area contributed by atoms with Gasteiger partial charge in [0.25, 0.3) is 0 Å². The van der Waals surface area contributed by atoms with Gasteiger partial charge < -0.3 is 10.6 Å². The molecule has 0 atom stereocenters. The lowest BCUT2D eigenvalue weighted by Crippen LogP contribution is -2.47. The predicted octanol–water partition coefficient (Wildman–Crippen LogP) is 2.71. The number of carbonyl (C=O) groups is 1. The number of nitrogens with one attached hydrogen (secondary N) is 2. The molecule has 0 aromatic heterocycles. The van der Waals surface area contributed by atoms with Crippen molar-refractivity contribution in [2.45, 2.75) is 71.9 Å². The van der Waals surface area contributed by atoms with Crippen molar-refractivity contribution in [3.63, 3.8) is 0 Å². The summed E-state index contributed by atoms with van der Waals surface area (Å²) in [6, 6.07) is 0.533. The fourth-order valence-corrected chi connectivity index (χ4v) is 2.69. The summed E-state index contributed by atoms with van der Waals surface area (Å²) < 4.78 is 0. The number of carbonyl (C=O) groups excluding carboxylic acids is 1. The third kappa shape index (κ3) is 5.85. The lowest BCUT2D eigenvalue weighted by molar-refractivity contribution is -0.121. The SMILES string of the molecule is CC(C)C1CCC(NCC(=O)NC(C)(C)C)CC1. The first-order chi connectivity index (χ1) is 8.28. The molecule has 0 aromatic carbocycles. The van der Waals surface area contributed by atoms with Crippen LogP contribution in [0, 0.1) is 11.8 Å². The van der Waals surface area contributed by atoms with Gasteiger partial charge in [-0.3, -0.25) is 4.79 Å². The number of hydrogen-bond donors (Lipinski definition) is 2. The Hall–Kier alpha value is -0.570. The van der Waals surface area contributed by atoms with E-state index in [0.717, 1.165) is 11.8 Å². The highest BCUT2D eigenvalue weighted by molar-refractivity contribution is 5.78. The Labute approximate surface area is 112 Å². The van der Waals surface area contributed by atoms with Crippen LogP contribution < -0.4 is 10.6 Å². The molecular formula is C15H30N2O. The highest BCUT2D eigenvalue weighted by atomic mass is 16.2. The Balaban J connectivity index is 2.20. The molecule has 1 saturated carbocycles. The Kier molecular flexibility index (Phi) is 5.64. The van der Waals surface area contributed by atoms with Crippen LogP contribution in [0.2, 0.25) is 0 Å². The summed E-state index contributed by atoms with van der Waals surface area (Å²) in [7, 11) is 0. The molecule has 106 valence electrons. The van der Waals surface area contributed by atoms with Crippen molar-refractivity contribution in [1.29, 1.82) is 0 Å². The molecule has 0 heterocycles. The van der Waals surface area contributed by atoms with Crippen LogP contribution in [-0.4, -0.2) is 24.0 Å². The topological polar surface area (TPSA) is 41.1 Å². The molecule has 0 bridgehead atoms. The summed E-state index contributed by atoms with van der Waals surface area (Å²) in [5.41, 5.74) is -0.131. The van der Waals surface area contributed by atoms with Crippen molar-refractivity contribution in [3.8, 4) is 0 Å². The zero-order valence-corrected chi connectivity index (χ0v) is 12.7. The average molecular weight is 254 g/mol. The van der Waals surface area contributed by atoms with Gasteiger partial charge in [-0.1, -0.05) is 13.8 Å². The molecule has 0 spiro atoms. The highest BCUT2D eigenvalue weighted by Gasteiger charge is 2.23. The second kappa shape index (κ2) is 6.55. The van der Waals surface area contributed by atoms with E-state index in [9.17, 15) is 4.79 Å². The molecule has 18 heavy (non-hydrogen) atoms. The van der Waals surface area contributed by atoms with E-state index in [0.29, 0.717) is 12.6 Å². The number of hydrogen-bond acceptors (Lipinski definition) is 2. The van der Waals surface area contributed by atoms with Gasteiger partial charge in [-0.25, -0.2) is 0 Å². The molecule has 1 rings (SSSR count). The van der Waals surface area contributed by atoms with E-state index in [4.69, 9.17) is 0 Å². The normalized spacial score (nSPS) is 25.2. The quantitative estimate of drug-likeness (QED) is 0.810. The van der Waals surface area contributed by atoms with Crippen molar-refractivity contribution in [3.05, 3.63) is 0 Å². The van der Waals surface area contributed by atoms with Crippen LogP contribution in [0.25, 0.3) is 0 Å². The molecule has 0 radical (unpaired) electrons. The zero-order valence-electron chi connectivity index (χ0n) is 12.7. The monoisotopic (exact) mass is 254 g/mol. The molecule has 1 aliphatic rings. The molecule has 1 aliphatic carbocycles. The molecular weight excluding hydrogens is 224 g/mol. The van der Waals surface area contributed by atoms with Crippen molar-refractivity contribution < 1.29 is 4.79 Å². The fourth-order valence-electron chi connectivity index (χ4n) is 2.69. The maximum atomic E-state index is 11.7. The molecule has 1 amide bonds. The van der Waals surface area contributed by atoms with Crippen LogP contribution in [0.15, 0.2) is 0 Å². The molecule has 2 N–H and O–H groups in total. The first-order valence-corrected chi connectivity index (χ1v) is 7.32. The fraction of sp³-hybridized carbons (Fsp3) is 0.933. The first kappa shape index (κ1) is 15.5. The van der Waals surface area contributed by atoms with Crippen molar-refractivity contribution in [2.24, 2.45) is 11.8 Å². The summed E-state index contributed by atoms with van der Waals surface area (Å²) in [6.07, 6.45) is 5.03. The third-order valence-electron chi connectivity index (χ3n) is 3.78. The third-order valence-corrected chi connectivity index (χ3v) is 3.78. The Bertz CT molecular complexity index is 260. The first-order valence-electron chi connectivity index (χ1n) is 7.32. The van der Waals surface area contributed by atoms with Gasteiger partial charge in [0, 0.05) is 11.6 Å². The maximum absolute atomic E-state index is 11.7. The van der Waals surface area contributed by atoms with Gasteiger partial charge >= 0.3 is 0 Å². The number of amides is 1. The minimum atomic E-state index is -0.131. The molecule has 3 heteroatoms. The Morgan fingerprint density at radius 3 is 2.17 bits per heavy atom. The van der Waals surface area contributed by atoms with Crippen LogP contribution >= 0.6 is 0 Å². The van der Waals surface area contributed by atoms with Crippen molar-refractivity contribution in [1.82, 2.24) is 10.6 Å². The van der Waals surface area contributed by atoms with Gasteiger partial charge in [0.2, 0.25) is 5.91 Å². The van der Waals surface area contributed by atoms with Gasteiger partial charge in [0.1, 0.15) is 0 Å². The van der Waals surface area contributed by atoms with Crippen LogP contribution in [-0.2, 0) is 4.79 Å². The lowest BCUT2D eigenvalue weighted by atomic mass is 9.80. The molecule has 3 nitrogen and oxygen atoms in total. The van der Waals surface area contributed by atoms with E-state index in [2.05, 4.69) is 24.5 Å². The maximum Gasteiger partial charge on any atom is 0.234 e. The molecule has 0 unspecified atom stereocenters. The van der Waals surface area contributed by atoms with Crippen LogP contribution in [0.4, 0.5) is 0 Å². The largest absolute Gasteiger partial charge is 0.350 e. The highest BCUT2D eigenvalue weighted by Crippen LogP contribution is 2.29.